The van der Waals surface area contributed by atoms with Gasteiger partial charge in [0.25, 0.3) is 0 Å². The Morgan fingerprint density at radius 1 is 1.15 bits per heavy atom. The zero-order valence-corrected chi connectivity index (χ0v) is 17.3. The topological polar surface area (TPSA) is 66.5 Å². The Labute approximate surface area is 166 Å². The Bertz CT molecular complexity index is 882. The van der Waals surface area contributed by atoms with E-state index in [-0.39, 0.29) is 25.0 Å². The second-order valence-corrected chi connectivity index (χ2v) is 8.95. The van der Waals surface area contributed by atoms with Gasteiger partial charge in [-0.05, 0) is 30.5 Å². The van der Waals surface area contributed by atoms with E-state index >= 15 is 0 Å². The highest BCUT2D eigenvalue weighted by Crippen LogP contribution is 2.19. The molecule has 1 N–H and O–H groups in total. The van der Waals surface area contributed by atoms with E-state index in [4.69, 9.17) is 11.6 Å². The molecule has 0 aliphatic rings. The zero-order chi connectivity index (χ0) is 20.0. The van der Waals surface area contributed by atoms with Crippen LogP contribution in [-0.2, 0) is 21.4 Å². The number of amides is 1. The number of nitrogens with zero attached hydrogens (tertiary/aromatic N) is 1. The standard InChI is InChI=1S/C20H25ClN2O3S/c1-4-19(16-11-9-15(2)10-12-16)22-20(24)14-23(27(3,25)26)13-17-7-5-6-8-18(17)21/h5-12,19H,4,13-14H2,1-3H3,(H,22,24)/t19-/m1/s1. The third-order valence-electron chi connectivity index (χ3n) is 4.32. The minimum Gasteiger partial charge on any atom is -0.348 e. The minimum absolute atomic E-state index is 0.0489. The third kappa shape index (κ3) is 6.34. The van der Waals surface area contributed by atoms with Crippen LogP contribution in [0.15, 0.2) is 48.5 Å². The quantitative estimate of drug-likeness (QED) is 0.724. The van der Waals surface area contributed by atoms with Crippen molar-refractivity contribution in [3.63, 3.8) is 0 Å². The van der Waals surface area contributed by atoms with Crippen molar-refractivity contribution in [2.75, 3.05) is 12.8 Å². The third-order valence-corrected chi connectivity index (χ3v) is 5.88. The smallest absolute Gasteiger partial charge is 0.235 e. The number of halogens is 1. The summed E-state index contributed by atoms with van der Waals surface area (Å²) in [5, 5.41) is 3.40. The second-order valence-electron chi connectivity index (χ2n) is 6.56. The van der Waals surface area contributed by atoms with E-state index in [0.717, 1.165) is 21.7 Å². The van der Waals surface area contributed by atoms with Gasteiger partial charge in [0.15, 0.2) is 0 Å². The first-order valence-corrected chi connectivity index (χ1v) is 11.0. The second kappa shape index (κ2) is 9.35. The average molecular weight is 409 g/mol. The summed E-state index contributed by atoms with van der Waals surface area (Å²) in [5.74, 6) is -0.347. The van der Waals surface area contributed by atoms with Gasteiger partial charge in [0, 0.05) is 11.6 Å². The lowest BCUT2D eigenvalue weighted by Crippen LogP contribution is -2.41. The highest BCUT2D eigenvalue weighted by atomic mass is 35.5. The van der Waals surface area contributed by atoms with E-state index in [2.05, 4.69) is 5.32 Å². The molecule has 0 fully saturated rings. The predicted molar refractivity (Wildman–Crippen MR) is 109 cm³/mol. The zero-order valence-electron chi connectivity index (χ0n) is 15.8. The Morgan fingerprint density at radius 3 is 2.33 bits per heavy atom. The molecule has 0 saturated heterocycles. The molecule has 1 amide bonds. The van der Waals surface area contributed by atoms with Gasteiger partial charge in [-0.2, -0.15) is 4.31 Å². The first kappa shape index (κ1) is 21.4. The van der Waals surface area contributed by atoms with Crippen molar-refractivity contribution in [3.8, 4) is 0 Å². The molecule has 0 radical (unpaired) electrons. The molecular formula is C20H25ClN2O3S. The largest absolute Gasteiger partial charge is 0.348 e. The van der Waals surface area contributed by atoms with Crippen LogP contribution in [0.3, 0.4) is 0 Å². The van der Waals surface area contributed by atoms with Crippen LogP contribution in [0.2, 0.25) is 5.02 Å². The first-order valence-electron chi connectivity index (χ1n) is 8.75. The summed E-state index contributed by atoms with van der Waals surface area (Å²) in [4.78, 5) is 12.5. The molecule has 0 spiro atoms. The molecule has 0 aliphatic carbocycles. The average Bonchev–Trinajstić information content (AvgIpc) is 2.61. The number of hydrogen-bond acceptors (Lipinski definition) is 3. The number of hydrogen-bond donors (Lipinski definition) is 1. The number of aryl methyl sites for hydroxylation is 1. The number of sulfonamides is 1. The molecule has 0 bridgehead atoms. The monoisotopic (exact) mass is 408 g/mol. The van der Waals surface area contributed by atoms with Gasteiger partial charge in [0.2, 0.25) is 15.9 Å². The van der Waals surface area contributed by atoms with Gasteiger partial charge in [0.05, 0.1) is 18.8 Å². The van der Waals surface area contributed by atoms with Gasteiger partial charge in [-0.25, -0.2) is 8.42 Å². The molecular weight excluding hydrogens is 384 g/mol. The van der Waals surface area contributed by atoms with Gasteiger partial charge < -0.3 is 5.32 Å². The lowest BCUT2D eigenvalue weighted by molar-refractivity contribution is -0.122. The molecule has 0 aromatic heterocycles. The fourth-order valence-electron chi connectivity index (χ4n) is 2.73. The van der Waals surface area contributed by atoms with E-state index in [0.29, 0.717) is 17.0 Å². The van der Waals surface area contributed by atoms with Gasteiger partial charge in [0.1, 0.15) is 0 Å². The van der Waals surface area contributed by atoms with Crippen molar-refractivity contribution in [1.29, 1.82) is 0 Å². The maximum Gasteiger partial charge on any atom is 0.235 e. The molecule has 0 unspecified atom stereocenters. The minimum atomic E-state index is -3.57. The van der Waals surface area contributed by atoms with Gasteiger partial charge >= 0.3 is 0 Å². The maximum atomic E-state index is 12.5. The molecule has 2 aromatic carbocycles. The Balaban J connectivity index is 2.11. The van der Waals surface area contributed by atoms with Crippen LogP contribution >= 0.6 is 11.6 Å². The molecule has 2 aromatic rings. The molecule has 146 valence electrons. The van der Waals surface area contributed by atoms with Crippen LogP contribution in [0.1, 0.15) is 36.1 Å². The molecule has 0 heterocycles. The molecule has 1 atom stereocenters. The van der Waals surface area contributed by atoms with Gasteiger partial charge in [-0.3, -0.25) is 4.79 Å². The van der Waals surface area contributed by atoms with Crippen LogP contribution < -0.4 is 5.32 Å². The van der Waals surface area contributed by atoms with E-state index in [1.165, 1.54) is 0 Å². The summed E-state index contributed by atoms with van der Waals surface area (Å²) in [6, 6.07) is 14.8. The van der Waals surface area contributed by atoms with Crippen molar-refractivity contribution in [1.82, 2.24) is 9.62 Å². The molecule has 2 rings (SSSR count). The SMILES string of the molecule is CC[C@@H](NC(=O)CN(Cc1ccccc1Cl)S(C)(=O)=O)c1ccc(C)cc1. The fraction of sp³-hybridized carbons (Fsp3) is 0.350. The number of rotatable bonds is 8. The summed E-state index contributed by atoms with van der Waals surface area (Å²) >= 11 is 6.13. The summed E-state index contributed by atoms with van der Waals surface area (Å²) in [6.45, 7) is 3.77. The van der Waals surface area contributed by atoms with Crippen LogP contribution in [0, 0.1) is 6.92 Å². The van der Waals surface area contributed by atoms with Gasteiger partial charge in [-0.15, -0.1) is 0 Å². The van der Waals surface area contributed by atoms with E-state index in [1.807, 2.05) is 38.1 Å². The van der Waals surface area contributed by atoms with Crippen molar-refractivity contribution in [2.24, 2.45) is 0 Å². The van der Waals surface area contributed by atoms with E-state index in [1.54, 1.807) is 24.3 Å². The van der Waals surface area contributed by atoms with Crippen molar-refractivity contribution in [3.05, 3.63) is 70.2 Å². The van der Waals surface area contributed by atoms with Crippen LogP contribution in [0.25, 0.3) is 0 Å². The maximum absolute atomic E-state index is 12.5. The molecule has 27 heavy (non-hydrogen) atoms. The van der Waals surface area contributed by atoms with Gasteiger partial charge in [-0.1, -0.05) is 66.6 Å². The summed E-state index contributed by atoms with van der Waals surface area (Å²) in [6.07, 6.45) is 1.80. The summed E-state index contributed by atoms with van der Waals surface area (Å²) in [5.41, 5.74) is 2.79. The highest BCUT2D eigenvalue weighted by molar-refractivity contribution is 7.88. The lowest BCUT2D eigenvalue weighted by atomic mass is 10.0. The molecule has 0 saturated carbocycles. The number of benzene rings is 2. The predicted octanol–water partition coefficient (Wildman–Crippen LogP) is 3.68. The first-order chi connectivity index (χ1) is 12.7. The number of nitrogens with one attached hydrogen (secondary N) is 1. The van der Waals surface area contributed by atoms with Crippen molar-refractivity contribution >= 4 is 27.5 Å². The number of carbonyl (C=O) groups excluding carboxylic acids is 1. The van der Waals surface area contributed by atoms with Crippen LogP contribution in [0.5, 0.6) is 0 Å². The van der Waals surface area contributed by atoms with E-state index < -0.39 is 10.0 Å². The Hall–Kier alpha value is -1.89. The van der Waals surface area contributed by atoms with Crippen LogP contribution in [-0.4, -0.2) is 31.4 Å². The van der Waals surface area contributed by atoms with Crippen molar-refractivity contribution < 1.29 is 13.2 Å². The number of carbonyl (C=O) groups is 1. The lowest BCUT2D eigenvalue weighted by Gasteiger charge is -2.23. The highest BCUT2D eigenvalue weighted by Gasteiger charge is 2.23. The molecule has 7 heteroatoms. The van der Waals surface area contributed by atoms with Crippen molar-refractivity contribution in [2.45, 2.75) is 32.9 Å². The Kier molecular flexibility index (Phi) is 7.41. The van der Waals surface area contributed by atoms with E-state index in [9.17, 15) is 13.2 Å². The summed E-state index contributed by atoms with van der Waals surface area (Å²) in [7, 11) is -3.57. The normalized spacial score (nSPS) is 12.8. The Morgan fingerprint density at radius 2 is 1.78 bits per heavy atom. The fourth-order valence-corrected chi connectivity index (χ4v) is 3.65. The molecule has 0 aliphatic heterocycles. The van der Waals surface area contributed by atoms with Crippen LogP contribution in [0.4, 0.5) is 0 Å². The summed E-state index contributed by atoms with van der Waals surface area (Å²) < 4.78 is 25.4. The molecule has 5 nitrogen and oxygen atoms in total.